The lowest BCUT2D eigenvalue weighted by atomic mass is 10.1. The minimum atomic E-state index is -3.76. The van der Waals surface area contributed by atoms with Crippen LogP contribution in [0.3, 0.4) is 0 Å². The molecule has 0 aromatic heterocycles. The van der Waals surface area contributed by atoms with Crippen molar-refractivity contribution in [3.05, 3.63) is 12.7 Å². The van der Waals surface area contributed by atoms with Crippen molar-refractivity contribution in [2.24, 2.45) is 0 Å². The molecule has 1 unspecified atom stereocenters. The van der Waals surface area contributed by atoms with E-state index in [1.54, 1.807) is 0 Å². The van der Waals surface area contributed by atoms with Gasteiger partial charge in [0.2, 0.25) is 0 Å². The maximum absolute atomic E-state index is 11.5. The molecule has 0 aliphatic carbocycles. The smallest absolute Gasteiger partial charge is 0.378 e. The maximum atomic E-state index is 11.5. The molecule has 0 saturated carbocycles. The largest absolute Gasteiger partial charge is 0.388 e. The van der Waals surface area contributed by atoms with Gasteiger partial charge < -0.3 is 9.42 Å². The van der Waals surface area contributed by atoms with Crippen LogP contribution < -0.4 is 0 Å². The van der Waals surface area contributed by atoms with Gasteiger partial charge in [-0.3, -0.25) is 0 Å². The molecule has 4 nitrogen and oxygen atoms in total. The maximum Gasteiger partial charge on any atom is 0.378 e. The van der Waals surface area contributed by atoms with E-state index in [1.807, 2.05) is 0 Å². The molecule has 0 spiro atoms. The quantitative estimate of drug-likeness (QED) is 0.328. The molecule has 0 heterocycles. The number of unbranched alkanes of at least 4 members (excludes halogenated alkanes) is 8. The van der Waals surface area contributed by atoms with E-state index >= 15 is 0 Å². The highest BCUT2D eigenvalue weighted by atomic mass is 31.2. The Kier molecular flexibility index (Phi) is 10.9. The zero-order valence-corrected chi connectivity index (χ0v) is 12.9. The summed E-state index contributed by atoms with van der Waals surface area (Å²) < 4.78 is 15.9. The summed E-state index contributed by atoms with van der Waals surface area (Å²) in [7, 11) is -3.76. The SMILES string of the molecule is C=CC(=O)OP(=O)(O)CCCCCCCCCCC. The summed E-state index contributed by atoms with van der Waals surface area (Å²) in [5.74, 6) is -0.832. The number of carbonyl (C=O) groups is 1. The van der Waals surface area contributed by atoms with Crippen molar-refractivity contribution in [1.82, 2.24) is 0 Å². The molecule has 0 aliphatic rings. The molecule has 19 heavy (non-hydrogen) atoms. The van der Waals surface area contributed by atoms with E-state index in [-0.39, 0.29) is 6.16 Å². The van der Waals surface area contributed by atoms with Gasteiger partial charge in [0.1, 0.15) is 0 Å². The first kappa shape index (κ1) is 18.4. The van der Waals surface area contributed by atoms with Crippen LogP contribution in [0.15, 0.2) is 12.7 Å². The Balaban J connectivity index is 3.45. The van der Waals surface area contributed by atoms with Gasteiger partial charge in [-0.15, -0.1) is 0 Å². The molecule has 0 fully saturated rings. The van der Waals surface area contributed by atoms with Gasteiger partial charge in [0, 0.05) is 6.08 Å². The Morgan fingerprint density at radius 2 is 1.58 bits per heavy atom. The molecular weight excluding hydrogens is 263 g/mol. The van der Waals surface area contributed by atoms with Gasteiger partial charge in [0.15, 0.2) is 0 Å². The molecule has 1 N–H and O–H groups in total. The summed E-state index contributed by atoms with van der Waals surface area (Å²) in [6.07, 6.45) is 11.1. The summed E-state index contributed by atoms with van der Waals surface area (Å²) >= 11 is 0. The first-order valence-electron chi connectivity index (χ1n) is 7.19. The van der Waals surface area contributed by atoms with E-state index in [0.717, 1.165) is 18.9 Å². The van der Waals surface area contributed by atoms with Gasteiger partial charge in [-0.05, 0) is 6.42 Å². The summed E-state index contributed by atoms with van der Waals surface area (Å²) in [5, 5.41) is 0. The number of rotatable bonds is 12. The van der Waals surface area contributed by atoms with Crippen LogP contribution in [-0.4, -0.2) is 17.0 Å². The van der Waals surface area contributed by atoms with Crippen molar-refractivity contribution in [1.29, 1.82) is 0 Å². The molecule has 0 aromatic rings. The van der Waals surface area contributed by atoms with E-state index in [1.165, 1.54) is 38.5 Å². The van der Waals surface area contributed by atoms with Crippen LogP contribution >= 0.6 is 7.60 Å². The third-order valence-electron chi connectivity index (χ3n) is 2.94. The first-order chi connectivity index (χ1) is 9.02. The minimum Gasteiger partial charge on any atom is -0.388 e. The van der Waals surface area contributed by atoms with Gasteiger partial charge in [-0.25, -0.2) is 9.36 Å². The minimum absolute atomic E-state index is 0.0441. The Bertz CT molecular complexity index is 302. The van der Waals surface area contributed by atoms with Crippen molar-refractivity contribution in [3.8, 4) is 0 Å². The molecule has 5 heteroatoms. The van der Waals surface area contributed by atoms with Crippen molar-refractivity contribution < 1.29 is 18.8 Å². The second-order valence-electron chi connectivity index (χ2n) is 4.80. The highest BCUT2D eigenvalue weighted by Crippen LogP contribution is 2.43. The topological polar surface area (TPSA) is 63.6 Å². The second kappa shape index (κ2) is 11.2. The van der Waals surface area contributed by atoms with Crippen LogP contribution in [0.4, 0.5) is 0 Å². The second-order valence-corrected chi connectivity index (χ2v) is 6.71. The van der Waals surface area contributed by atoms with Crippen LogP contribution in [0.1, 0.15) is 64.7 Å². The van der Waals surface area contributed by atoms with E-state index in [2.05, 4.69) is 18.0 Å². The standard InChI is InChI=1S/C14H27O4P/c1-3-5-6-7-8-9-10-11-12-13-19(16,17)18-14(15)4-2/h4H,2-3,5-13H2,1H3,(H,16,17). The lowest BCUT2D eigenvalue weighted by Crippen LogP contribution is -2.01. The summed E-state index contributed by atoms with van der Waals surface area (Å²) in [5.41, 5.74) is 0. The lowest BCUT2D eigenvalue weighted by molar-refractivity contribution is -0.129. The highest BCUT2D eigenvalue weighted by molar-refractivity contribution is 7.53. The van der Waals surface area contributed by atoms with Gasteiger partial charge in [-0.2, -0.15) is 0 Å². The van der Waals surface area contributed by atoms with Gasteiger partial charge in [0.05, 0.1) is 6.16 Å². The highest BCUT2D eigenvalue weighted by Gasteiger charge is 2.21. The molecule has 0 aliphatic heterocycles. The fourth-order valence-electron chi connectivity index (χ4n) is 1.85. The number of carbonyl (C=O) groups excluding carboxylic acids is 1. The van der Waals surface area contributed by atoms with Crippen molar-refractivity contribution >= 4 is 13.6 Å². The summed E-state index contributed by atoms with van der Waals surface area (Å²) in [6, 6.07) is 0. The van der Waals surface area contributed by atoms with E-state index in [0.29, 0.717) is 6.42 Å². The van der Waals surface area contributed by atoms with E-state index in [4.69, 9.17) is 0 Å². The third-order valence-corrected chi connectivity index (χ3v) is 4.29. The Morgan fingerprint density at radius 1 is 1.11 bits per heavy atom. The molecule has 112 valence electrons. The van der Waals surface area contributed by atoms with Gasteiger partial charge in [0.25, 0.3) is 0 Å². The molecule has 1 atom stereocenters. The molecular formula is C14H27O4P. The lowest BCUT2D eigenvalue weighted by Gasteiger charge is -2.10. The average molecular weight is 290 g/mol. The predicted molar refractivity (Wildman–Crippen MR) is 78.2 cm³/mol. The molecule has 0 bridgehead atoms. The van der Waals surface area contributed by atoms with Crippen LogP contribution in [0, 0.1) is 0 Å². The Labute approximate surface area is 116 Å². The molecule has 0 amide bonds. The van der Waals surface area contributed by atoms with Crippen molar-refractivity contribution in [2.45, 2.75) is 64.7 Å². The molecule has 0 radical (unpaired) electrons. The average Bonchev–Trinajstić information content (AvgIpc) is 2.36. The van der Waals surface area contributed by atoms with E-state index in [9.17, 15) is 14.3 Å². The fraction of sp³-hybridized carbons (Fsp3) is 0.786. The third kappa shape index (κ3) is 12.2. The van der Waals surface area contributed by atoms with Crippen molar-refractivity contribution in [2.75, 3.05) is 6.16 Å². The van der Waals surface area contributed by atoms with E-state index < -0.39 is 13.6 Å². The van der Waals surface area contributed by atoms with Gasteiger partial charge >= 0.3 is 13.6 Å². The molecule has 0 saturated heterocycles. The zero-order valence-electron chi connectivity index (χ0n) is 12.0. The monoisotopic (exact) mass is 290 g/mol. The first-order valence-corrected chi connectivity index (χ1v) is 8.96. The Morgan fingerprint density at radius 3 is 2.05 bits per heavy atom. The zero-order chi connectivity index (χ0) is 14.6. The summed E-state index contributed by atoms with van der Waals surface area (Å²) in [6.45, 7) is 5.39. The Hall–Kier alpha value is -0.600. The van der Waals surface area contributed by atoms with Crippen molar-refractivity contribution in [3.63, 3.8) is 0 Å². The van der Waals surface area contributed by atoms with Gasteiger partial charge in [-0.1, -0.05) is 64.9 Å². The normalized spacial score (nSPS) is 13.8. The summed E-state index contributed by atoms with van der Waals surface area (Å²) in [4.78, 5) is 20.2. The number of hydrogen-bond donors (Lipinski definition) is 1. The van der Waals surface area contributed by atoms with Crippen LogP contribution in [0.25, 0.3) is 0 Å². The van der Waals surface area contributed by atoms with Crippen LogP contribution in [-0.2, 0) is 13.9 Å². The fourth-order valence-corrected chi connectivity index (χ4v) is 2.92. The molecule has 0 rings (SSSR count). The number of hydrogen-bond acceptors (Lipinski definition) is 3. The van der Waals surface area contributed by atoms with Crippen LogP contribution in [0.2, 0.25) is 0 Å². The molecule has 0 aromatic carbocycles. The van der Waals surface area contributed by atoms with Crippen LogP contribution in [0.5, 0.6) is 0 Å². The predicted octanol–water partition coefficient (Wildman–Crippen LogP) is 4.43.